The molecule has 13 heteroatoms. The molecule has 2 aliphatic heterocycles. The largest absolute Gasteiger partial charge is 0.480 e. The summed E-state index contributed by atoms with van der Waals surface area (Å²) in [6.45, 7) is 0.638. The number of H-pyrrole nitrogens is 1. The van der Waals surface area contributed by atoms with Crippen LogP contribution in [0.1, 0.15) is 37.8 Å². The molecule has 0 aromatic carbocycles. The molecule has 4 atom stereocenters. The molecule has 7 N–H and O–H groups in total. The van der Waals surface area contributed by atoms with Crippen LogP contribution in [0, 0.1) is 0 Å². The maximum absolute atomic E-state index is 13.3. The first-order valence-corrected chi connectivity index (χ1v) is 10.8. The summed E-state index contributed by atoms with van der Waals surface area (Å²) in [6, 6.07) is -3.94. The highest BCUT2D eigenvalue weighted by atomic mass is 16.4. The zero-order valence-corrected chi connectivity index (χ0v) is 18.1. The highest BCUT2D eigenvalue weighted by Crippen LogP contribution is 2.25. The molecule has 2 saturated heterocycles. The van der Waals surface area contributed by atoms with E-state index in [9.17, 15) is 29.1 Å². The molecule has 180 valence electrons. The number of carboxylic acid groups (broad SMARTS) is 1. The average molecular weight is 463 g/mol. The minimum atomic E-state index is -1.20. The molecule has 13 nitrogen and oxygen atoms in total. The zero-order chi connectivity index (χ0) is 24.1. The van der Waals surface area contributed by atoms with Gasteiger partial charge in [0.05, 0.1) is 18.8 Å². The molecule has 0 aliphatic carbocycles. The molecule has 3 heterocycles. The lowest BCUT2D eigenvalue weighted by Gasteiger charge is -2.32. The quantitative estimate of drug-likeness (QED) is 0.269. The van der Waals surface area contributed by atoms with Gasteiger partial charge in [-0.05, 0) is 25.7 Å². The van der Waals surface area contributed by atoms with Gasteiger partial charge in [-0.2, -0.15) is 0 Å². The molecule has 33 heavy (non-hydrogen) atoms. The molecule has 0 radical (unpaired) electrons. The second-order valence-electron chi connectivity index (χ2n) is 8.34. The van der Waals surface area contributed by atoms with Crippen molar-refractivity contribution in [1.82, 2.24) is 25.1 Å². The molecule has 0 spiro atoms. The molecule has 1 aromatic rings. The number of nitrogens with two attached hydrogens (primary N) is 2. The summed E-state index contributed by atoms with van der Waals surface area (Å²) in [5.74, 6) is -3.39. The van der Waals surface area contributed by atoms with Crippen LogP contribution in [0.2, 0.25) is 0 Å². The van der Waals surface area contributed by atoms with Gasteiger partial charge in [-0.15, -0.1) is 0 Å². The zero-order valence-electron chi connectivity index (χ0n) is 18.1. The summed E-state index contributed by atoms with van der Waals surface area (Å²) < 4.78 is 0. The summed E-state index contributed by atoms with van der Waals surface area (Å²) in [5.41, 5.74) is 11.5. The Bertz CT molecular complexity index is 905. The number of nitrogens with zero attached hydrogens (tertiary/aromatic N) is 3. The maximum atomic E-state index is 13.3. The number of aromatic amines is 1. The van der Waals surface area contributed by atoms with Gasteiger partial charge in [0.25, 0.3) is 0 Å². The Hall–Kier alpha value is -3.48. The van der Waals surface area contributed by atoms with E-state index in [1.165, 1.54) is 22.3 Å². The van der Waals surface area contributed by atoms with Crippen molar-refractivity contribution in [2.75, 3.05) is 13.1 Å². The van der Waals surface area contributed by atoms with Crippen LogP contribution in [0.4, 0.5) is 0 Å². The third kappa shape index (κ3) is 5.66. The van der Waals surface area contributed by atoms with Crippen LogP contribution in [0.15, 0.2) is 12.5 Å². The Morgan fingerprint density at radius 2 is 1.82 bits per heavy atom. The van der Waals surface area contributed by atoms with Crippen molar-refractivity contribution in [1.29, 1.82) is 0 Å². The molecule has 1 aromatic heterocycles. The van der Waals surface area contributed by atoms with E-state index >= 15 is 0 Å². The van der Waals surface area contributed by atoms with E-state index in [0.717, 1.165) is 0 Å². The highest BCUT2D eigenvalue weighted by Gasteiger charge is 2.43. The second-order valence-corrected chi connectivity index (χ2v) is 8.34. The third-order valence-corrected chi connectivity index (χ3v) is 5.99. The molecule has 4 amide bonds. The summed E-state index contributed by atoms with van der Waals surface area (Å²) in [7, 11) is 0. The normalized spacial score (nSPS) is 22.1. The number of amides is 4. The van der Waals surface area contributed by atoms with E-state index in [1.54, 1.807) is 0 Å². The van der Waals surface area contributed by atoms with Crippen LogP contribution in [-0.4, -0.2) is 91.7 Å². The molecular weight excluding hydrogens is 434 g/mol. The monoisotopic (exact) mass is 463 g/mol. The molecule has 0 bridgehead atoms. The Balaban J connectivity index is 1.67. The van der Waals surface area contributed by atoms with Crippen LogP contribution in [-0.2, 0) is 30.4 Å². The standard InChI is InChI=1S/C20H29N7O6/c21-12(8-16(22)28)18(30)27-6-2-4-15(27)19(31)26-5-1-3-14(26)17(29)25-13(20(32)33)7-11-9-23-10-24-11/h9-10,12-15H,1-8,21H2,(H2,22,28)(H,23,24)(H,25,29)(H,32,33). The summed E-state index contributed by atoms with van der Waals surface area (Å²) >= 11 is 0. The van der Waals surface area contributed by atoms with Crippen molar-refractivity contribution in [2.24, 2.45) is 11.5 Å². The number of aliphatic carboxylic acids is 1. The maximum Gasteiger partial charge on any atom is 0.326 e. The van der Waals surface area contributed by atoms with Crippen molar-refractivity contribution in [2.45, 2.75) is 62.7 Å². The second kappa shape index (κ2) is 10.4. The number of primary amides is 1. The lowest BCUT2D eigenvalue weighted by molar-refractivity contribution is -0.148. The van der Waals surface area contributed by atoms with Gasteiger partial charge in [0.1, 0.15) is 18.1 Å². The predicted molar refractivity (Wildman–Crippen MR) is 113 cm³/mol. The Labute approximate surface area is 189 Å². The molecule has 0 saturated carbocycles. The van der Waals surface area contributed by atoms with Gasteiger partial charge in [-0.1, -0.05) is 0 Å². The number of carbonyl (C=O) groups is 5. The number of likely N-dealkylation sites (tertiary alicyclic amines) is 2. The third-order valence-electron chi connectivity index (χ3n) is 5.99. The first-order chi connectivity index (χ1) is 15.7. The Morgan fingerprint density at radius 1 is 1.15 bits per heavy atom. The molecule has 3 rings (SSSR count). The van der Waals surface area contributed by atoms with Gasteiger partial charge >= 0.3 is 5.97 Å². The summed E-state index contributed by atoms with van der Waals surface area (Å²) in [6.07, 6.45) is 4.54. The fourth-order valence-corrected chi connectivity index (χ4v) is 4.38. The molecule has 2 fully saturated rings. The van der Waals surface area contributed by atoms with E-state index in [1.807, 2.05) is 0 Å². The van der Waals surface area contributed by atoms with E-state index in [4.69, 9.17) is 11.5 Å². The number of carbonyl (C=O) groups excluding carboxylic acids is 4. The SMILES string of the molecule is NC(=O)CC(N)C(=O)N1CCCC1C(=O)N1CCCC1C(=O)NC(Cc1cnc[nH]1)C(=O)O. The highest BCUT2D eigenvalue weighted by molar-refractivity contribution is 5.95. The lowest BCUT2D eigenvalue weighted by Crippen LogP contribution is -2.56. The minimum Gasteiger partial charge on any atom is -0.480 e. The number of aromatic nitrogens is 2. The minimum absolute atomic E-state index is 0.0182. The number of imidazole rings is 1. The molecule has 2 aliphatic rings. The molecular formula is C20H29N7O6. The van der Waals surface area contributed by atoms with Gasteiger partial charge in [0.2, 0.25) is 23.6 Å². The number of hydrogen-bond donors (Lipinski definition) is 5. The van der Waals surface area contributed by atoms with Gasteiger partial charge in [-0.25, -0.2) is 9.78 Å². The van der Waals surface area contributed by atoms with Crippen molar-refractivity contribution < 1.29 is 29.1 Å². The number of rotatable bonds is 9. The predicted octanol–water partition coefficient (Wildman–Crippen LogP) is -2.29. The van der Waals surface area contributed by atoms with Gasteiger partial charge in [-0.3, -0.25) is 19.2 Å². The van der Waals surface area contributed by atoms with Crippen molar-refractivity contribution in [3.63, 3.8) is 0 Å². The lowest BCUT2D eigenvalue weighted by atomic mass is 10.1. The fourth-order valence-electron chi connectivity index (χ4n) is 4.38. The number of nitrogens with one attached hydrogen (secondary N) is 2. The smallest absolute Gasteiger partial charge is 0.326 e. The van der Waals surface area contributed by atoms with Crippen LogP contribution < -0.4 is 16.8 Å². The van der Waals surface area contributed by atoms with Crippen LogP contribution in [0.5, 0.6) is 0 Å². The molecule has 4 unspecified atom stereocenters. The van der Waals surface area contributed by atoms with Crippen LogP contribution >= 0.6 is 0 Å². The first-order valence-electron chi connectivity index (χ1n) is 10.8. The summed E-state index contributed by atoms with van der Waals surface area (Å²) in [5, 5.41) is 12.0. The van der Waals surface area contributed by atoms with E-state index < -0.39 is 47.9 Å². The van der Waals surface area contributed by atoms with Crippen molar-refractivity contribution >= 4 is 29.6 Å². The number of carboxylic acids is 1. The van der Waals surface area contributed by atoms with Gasteiger partial charge in [0.15, 0.2) is 0 Å². The van der Waals surface area contributed by atoms with Gasteiger partial charge in [0, 0.05) is 31.4 Å². The topological polar surface area (TPSA) is 205 Å². The Morgan fingerprint density at radius 3 is 2.42 bits per heavy atom. The van der Waals surface area contributed by atoms with E-state index in [0.29, 0.717) is 44.5 Å². The van der Waals surface area contributed by atoms with Crippen molar-refractivity contribution in [3.8, 4) is 0 Å². The number of hydrogen-bond acceptors (Lipinski definition) is 7. The van der Waals surface area contributed by atoms with Crippen LogP contribution in [0.25, 0.3) is 0 Å². The first kappa shape index (κ1) is 24.2. The summed E-state index contributed by atoms with van der Waals surface area (Å²) in [4.78, 5) is 71.0. The van der Waals surface area contributed by atoms with Crippen LogP contribution in [0.3, 0.4) is 0 Å². The Kier molecular flexibility index (Phi) is 7.63. The van der Waals surface area contributed by atoms with Gasteiger partial charge < -0.3 is 36.7 Å². The van der Waals surface area contributed by atoms with E-state index in [2.05, 4.69) is 15.3 Å². The van der Waals surface area contributed by atoms with Crippen molar-refractivity contribution in [3.05, 3.63) is 18.2 Å². The van der Waals surface area contributed by atoms with E-state index in [-0.39, 0.29) is 18.7 Å². The fraction of sp³-hybridized carbons (Fsp3) is 0.600. The average Bonchev–Trinajstić information content (AvgIpc) is 3.52.